The van der Waals surface area contributed by atoms with Gasteiger partial charge in [0.2, 0.25) is 5.89 Å². The summed E-state index contributed by atoms with van der Waals surface area (Å²) in [6.45, 7) is 7.54. The van der Waals surface area contributed by atoms with Gasteiger partial charge >= 0.3 is 0 Å². The van der Waals surface area contributed by atoms with Crippen LogP contribution in [-0.2, 0) is 6.42 Å². The van der Waals surface area contributed by atoms with E-state index in [0.29, 0.717) is 17.2 Å². The maximum atomic E-state index is 5.39. The highest BCUT2D eigenvalue weighted by Crippen LogP contribution is 2.38. The van der Waals surface area contributed by atoms with E-state index in [9.17, 15) is 0 Å². The van der Waals surface area contributed by atoms with Gasteiger partial charge in [0.05, 0.1) is 5.25 Å². The normalized spacial score (nSPS) is 21.7. The molecule has 2 rings (SSSR count). The van der Waals surface area contributed by atoms with E-state index >= 15 is 0 Å². The van der Waals surface area contributed by atoms with E-state index in [1.807, 2.05) is 11.8 Å². The minimum Gasteiger partial charge on any atom is -0.339 e. The molecular formula is C13H23N3OS. The largest absolute Gasteiger partial charge is 0.339 e. The number of hydrogen-bond acceptors (Lipinski definition) is 5. The number of aromatic nitrogens is 2. The fraction of sp³-hybridized carbons (Fsp3) is 0.846. The van der Waals surface area contributed by atoms with E-state index in [1.54, 1.807) is 0 Å². The number of rotatable bonds is 6. The van der Waals surface area contributed by atoms with Crippen molar-refractivity contribution < 1.29 is 4.52 Å². The van der Waals surface area contributed by atoms with Crippen molar-refractivity contribution in [2.75, 3.05) is 12.3 Å². The summed E-state index contributed by atoms with van der Waals surface area (Å²) in [5.41, 5.74) is 0. The lowest BCUT2D eigenvalue weighted by Gasteiger charge is -2.19. The zero-order valence-electron chi connectivity index (χ0n) is 11.5. The highest BCUT2D eigenvalue weighted by molar-refractivity contribution is 7.99. The zero-order chi connectivity index (χ0) is 13.0. The molecule has 1 aliphatic rings. The molecule has 0 aromatic carbocycles. The summed E-state index contributed by atoms with van der Waals surface area (Å²) in [6.07, 6.45) is 3.28. The van der Waals surface area contributed by atoms with Gasteiger partial charge in [0.1, 0.15) is 0 Å². The average Bonchev–Trinajstić information content (AvgIpc) is 2.98. The van der Waals surface area contributed by atoms with E-state index < -0.39 is 0 Å². The third kappa shape index (κ3) is 3.48. The molecule has 0 amide bonds. The van der Waals surface area contributed by atoms with Crippen LogP contribution in [0.15, 0.2) is 4.52 Å². The lowest BCUT2D eigenvalue weighted by Crippen LogP contribution is -2.35. The predicted molar refractivity (Wildman–Crippen MR) is 74.7 cm³/mol. The average molecular weight is 269 g/mol. The van der Waals surface area contributed by atoms with Gasteiger partial charge in [0.15, 0.2) is 5.82 Å². The monoisotopic (exact) mass is 269 g/mol. The van der Waals surface area contributed by atoms with Crippen LogP contribution in [0.4, 0.5) is 0 Å². The molecule has 0 spiro atoms. The van der Waals surface area contributed by atoms with Gasteiger partial charge in [-0.15, -0.1) is 0 Å². The van der Waals surface area contributed by atoms with Crippen molar-refractivity contribution in [1.82, 2.24) is 15.5 Å². The molecule has 1 saturated heterocycles. The van der Waals surface area contributed by atoms with Gasteiger partial charge in [-0.25, -0.2) is 0 Å². The van der Waals surface area contributed by atoms with Crippen molar-refractivity contribution >= 4 is 11.8 Å². The molecule has 1 aromatic rings. The maximum Gasteiger partial charge on any atom is 0.228 e. The Morgan fingerprint density at radius 2 is 2.33 bits per heavy atom. The maximum absolute atomic E-state index is 5.39. The van der Waals surface area contributed by atoms with Gasteiger partial charge in [-0.3, -0.25) is 0 Å². The molecule has 1 aliphatic heterocycles. The van der Waals surface area contributed by atoms with Crippen LogP contribution in [-0.4, -0.2) is 28.5 Å². The lowest BCUT2D eigenvalue weighted by molar-refractivity contribution is 0.327. The summed E-state index contributed by atoms with van der Waals surface area (Å²) in [5, 5.41) is 8.07. The molecule has 0 aliphatic carbocycles. The Morgan fingerprint density at radius 3 is 2.94 bits per heavy atom. The molecule has 4 nitrogen and oxygen atoms in total. The van der Waals surface area contributed by atoms with Gasteiger partial charge in [-0.1, -0.05) is 25.9 Å². The summed E-state index contributed by atoms with van der Waals surface area (Å²) < 4.78 is 5.39. The van der Waals surface area contributed by atoms with E-state index in [-0.39, 0.29) is 0 Å². The summed E-state index contributed by atoms with van der Waals surface area (Å²) in [4.78, 5) is 4.56. The Bertz CT molecular complexity index is 361. The predicted octanol–water partition coefficient (Wildman–Crippen LogP) is 2.81. The molecular weight excluding hydrogens is 246 g/mol. The highest BCUT2D eigenvalue weighted by Gasteiger charge is 2.24. The molecule has 2 atom stereocenters. The summed E-state index contributed by atoms with van der Waals surface area (Å²) in [5.74, 6) is 3.46. The molecule has 18 heavy (non-hydrogen) atoms. The van der Waals surface area contributed by atoms with Crippen LogP contribution in [0.2, 0.25) is 0 Å². The van der Waals surface area contributed by atoms with Crippen molar-refractivity contribution in [2.45, 2.75) is 51.3 Å². The topological polar surface area (TPSA) is 51.0 Å². The Morgan fingerprint density at radius 1 is 1.50 bits per heavy atom. The highest BCUT2D eigenvalue weighted by atomic mass is 32.2. The first-order chi connectivity index (χ1) is 8.70. The van der Waals surface area contributed by atoms with E-state index in [2.05, 4.69) is 36.2 Å². The number of nitrogens with one attached hydrogen (secondary N) is 1. The number of hydrogen-bond donors (Lipinski definition) is 1. The first-order valence-corrected chi connectivity index (χ1v) is 7.93. The fourth-order valence-corrected chi connectivity index (χ4v) is 3.45. The van der Waals surface area contributed by atoms with E-state index in [4.69, 9.17) is 4.52 Å². The van der Waals surface area contributed by atoms with Gasteiger partial charge in [-0.2, -0.15) is 16.7 Å². The Labute approximate surface area is 113 Å². The van der Waals surface area contributed by atoms with Crippen LogP contribution < -0.4 is 5.32 Å². The fourth-order valence-electron chi connectivity index (χ4n) is 2.26. The second kappa shape index (κ2) is 6.57. The molecule has 1 fully saturated rings. The quantitative estimate of drug-likeness (QED) is 0.860. The van der Waals surface area contributed by atoms with E-state index in [0.717, 1.165) is 24.7 Å². The molecule has 5 heteroatoms. The molecule has 1 N–H and O–H groups in total. The summed E-state index contributed by atoms with van der Waals surface area (Å²) in [7, 11) is 0. The molecule has 0 radical (unpaired) electrons. The third-order valence-electron chi connectivity index (χ3n) is 3.37. The minimum atomic E-state index is 0.416. The molecule has 102 valence electrons. The Balaban J connectivity index is 1.96. The van der Waals surface area contributed by atoms with Crippen LogP contribution in [0.25, 0.3) is 0 Å². The van der Waals surface area contributed by atoms with Crippen molar-refractivity contribution in [1.29, 1.82) is 0 Å². The second-order valence-electron chi connectivity index (χ2n) is 5.16. The van der Waals surface area contributed by atoms with Crippen molar-refractivity contribution in [3.63, 3.8) is 0 Å². The van der Waals surface area contributed by atoms with Crippen LogP contribution in [0.3, 0.4) is 0 Å². The van der Waals surface area contributed by atoms with Gasteiger partial charge in [-0.05, 0) is 31.1 Å². The third-order valence-corrected chi connectivity index (χ3v) is 4.74. The molecule has 0 bridgehead atoms. The number of nitrogens with zero attached hydrogens (tertiary/aromatic N) is 2. The number of likely N-dealkylation sites (N-methyl/N-ethyl adjacent to an activating group) is 1. The van der Waals surface area contributed by atoms with Crippen LogP contribution in [0.1, 0.15) is 50.6 Å². The SMILES string of the molecule is CCNC(Cc1nc(C2CCCS2)no1)C(C)C. The van der Waals surface area contributed by atoms with Crippen molar-refractivity contribution in [3.8, 4) is 0 Å². The molecule has 1 aromatic heterocycles. The smallest absolute Gasteiger partial charge is 0.228 e. The Kier molecular flexibility index (Phi) is 5.06. The number of thioether (sulfide) groups is 1. The lowest BCUT2D eigenvalue weighted by atomic mass is 10.0. The minimum absolute atomic E-state index is 0.416. The molecule has 2 heterocycles. The molecule has 0 saturated carbocycles. The first kappa shape index (κ1) is 13.9. The Hall–Kier alpha value is -0.550. The van der Waals surface area contributed by atoms with Crippen LogP contribution in [0.5, 0.6) is 0 Å². The van der Waals surface area contributed by atoms with Gasteiger partial charge < -0.3 is 9.84 Å². The zero-order valence-corrected chi connectivity index (χ0v) is 12.3. The molecule has 2 unspecified atom stereocenters. The van der Waals surface area contributed by atoms with Gasteiger partial charge in [0, 0.05) is 12.5 Å². The van der Waals surface area contributed by atoms with Crippen molar-refractivity contribution in [3.05, 3.63) is 11.7 Å². The van der Waals surface area contributed by atoms with Gasteiger partial charge in [0.25, 0.3) is 0 Å². The van der Waals surface area contributed by atoms with Crippen LogP contribution in [0, 0.1) is 5.92 Å². The first-order valence-electron chi connectivity index (χ1n) is 6.88. The second-order valence-corrected chi connectivity index (χ2v) is 6.47. The van der Waals surface area contributed by atoms with Crippen molar-refractivity contribution in [2.24, 2.45) is 5.92 Å². The summed E-state index contributed by atoms with van der Waals surface area (Å²) in [6, 6.07) is 0.416. The van der Waals surface area contributed by atoms with Crippen LogP contribution >= 0.6 is 11.8 Å². The van der Waals surface area contributed by atoms with E-state index in [1.165, 1.54) is 18.6 Å². The standard InChI is InChI=1S/C13H23N3OS/c1-4-14-10(9(2)3)8-12-15-13(16-17-12)11-6-5-7-18-11/h9-11,14H,4-8H2,1-3H3. The summed E-state index contributed by atoms with van der Waals surface area (Å²) >= 11 is 1.94.